The smallest absolute Gasteiger partial charge is 0.255 e. The van der Waals surface area contributed by atoms with Gasteiger partial charge in [-0.1, -0.05) is 12.1 Å². The first-order valence-corrected chi connectivity index (χ1v) is 9.78. The molecule has 0 aliphatic heterocycles. The number of benzene rings is 3. The monoisotopic (exact) mass is 406 g/mol. The maximum atomic E-state index is 12.6. The van der Waals surface area contributed by atoms with Gasteiger partial charge in [-0.25, -0.2) is 4.98 Å². The van der Waals surface area contributed by atoms with Gasteiger partial charge in [-0.15, -0.1) is 0 Å². The number of fused-ring (bicyclic) bond motifs is 1. The van der Waals surface area contributed by atoms with Gasteiger partial charge in [-0.05, 0) is 72.8 Å². The molecule has 0 aliphatic carbocycles. The summed E-state index contributed by atoms with van der Waals surface area (Å²) in [6, 6.07) is 26.2. The predicted octanol–water partition coefficient (Wildman–Crippen LogP) is 5.47. The van der Waals surface area contributed by atoms with Crippen molar-refractivity contribution in [3.05, 3.63) is 109 Å². The molecule has 0 radical (unpaired) electrons. The molecule has 0 fully saturated rings. The van der Waals surface area contributed by atoms with Crippen molar-refractivity contribution in [2.45, 2.75) is 0 Å². The summed E-state index contributed by atoms with van der Waals surface area (Å²) in [6.07, 6.45) is 5.13. The molecule has 1 N–H and O–H groups in total. The number of aromatic nitrogens is 3. The molecular formula is C25H18N4O2. The fourth-order valence-corrected chi connectivity index (χ4v) is 3.29. The van der Waals surface area contributed by atoms with Crippen LogP contribution in [0.2, 0.25) is 0 Å². The molecule has 0 atom stereocenters. The summed E-state index contributed by atoms with van der Waals surface area (Å²) < 4.78 is 7.74. The highest BCUT2D eigenvalue weighted by atomic mass is 16.5. The summed E-state index contributed by atoms with van der Waals surface area (Å²) in [5, 5.41) is 2.91. The Bertz CT molecular complexity index is 1330. The average Bonchev–Trinajstić information content (AvgIpc) is 3.25. The number of carbonyl (C=O) groups is 1. The number of carbonyl (C=O) groups excluding carboxylic acids is 1. The highest BCUT2D eigenvalue weighted by Gasteiger charge is 2.08. The van der Waals surface area contributed by atoms with Crippen LogP contribution in [0.4, 0.5) is 5.69 Å². The van der Waals surface area contributed by atoms with E-state index in [1.54, 1.807) is 55.1 Å². The quantitative estimate of drug-likeness (QED) is 0.420. The van der Waals surface area contributed by atoms with E-state index >= 15 is 0 Å². The van der Waals surface area contributed by atoms with Crippen LogP contribution in [0.25, 0.3) is 16.7 Å². The Morgan fingerprint density at radius 3 is 2.29 bits per heavy atom. The third-order valence-electron chi connectivity index (χ3n) is 4.86. The lowest BCUT2D eigenvalue weighted by atomic mass is 10.2. The van der Waals surface area contributed by atoms with Crippen LogP contribution in [-0.4, -0.2) is 20.4 Å². The molecule has 0 aliphatic rings. The number of hydrogen-bond donors (Lipinski definition) is 1. The maximum absolute atomic E-state index is 12.6. The number of amides is 1. The molecule has 31 heavy (non-hydrogen) atoms. The largest absolute Gasteiger partial charge is 0.457 e. The normalized spacial score (nSPS) is 10.7. The van der Waals surface area contributed by atoms with Gasteiger partial charge in [0.1, 0.15) is 17.8 Å². The lowest BCUT2D eigenvalue weighted by molar-refractivity contribution is 0.102. The molecule has 150 valence electrons. The Hall–Kier alpha value is -4.45. The van der Waals surface area contributed by atoms with E-state index in [0.29, 0.717) is 22.7 Å². The first-order valence-electron chi connectivity index (χ1n) is 9.78. The van der Waals surface area contributed by atoms with E-state index in [9.17, 15) is 4.79 Å². The zero-order chi connectivity index (χ0) is 21.0. The molecule has 1 amide bonds. The summed E-state index contributed by atoms with van der Waals surface area (Å²) in [7, 11) is 0. The van der Waals surface area contributed by atoms with Gasteiger partial charge >= 0.3 is 0 Å². The molecule has 6 nitrogen and oxygen atoms in total. The van der Waals surface area contributed by atoms with Crippen LogP contribution in [0, 0.1) is 0 Å². The number of anilines is 1. The highest BCUT2D eigenvalue weighted by molar-refractivity contribution is 6.04. The summed E-state index contributed by atoms with van der Waals surface area (Å²) >= 11 is 0. The first kappa shape index (κ1) is 18.6. The molecule has 5 aromatic rings. The van der Waals surface area contributed by atoms with E-state index in [-0.39, 0.29) is 5.91 Å². The molecule has 6 heteroatoms. The van der Waals surface area contributed by atoms with Crippen molar-refractivity contribution in [2.24, 2.45) is 0 Å². The maximum Gasteiger partial charge on any atom is 0.255 e. The van der Waals surface area contributed by atoms with Gasteiger partial charge in [-0.2, -0.15) is 0 Å². The second-order valence-electron chi connectivity index (χ2n) is 6.91. The van der Waals surface area contributed by atoms with Crippen LogP contribution in [-0.2, 0) is 0 Å². The van der Waals surface area contributed by atoms with E-state index in [1.807, 2.05) is 53.1 Å². The third-order valence-corrected chi connectivity index (χ3v) is 4.86. The first-order chi connectivity index (χ1) is 15.3. The molecule has 3 aromatic carbocycles. The van der Waals surface area contributed by atoms with Crippen LogP contribution >= 0.6 is 0 Å². The van der Waals surface area contributed by atoms with Gasteiger partial charge in [0.15, 0.2) is 0 Å². The minimum absolute atomic E-state index is 0.176. The second-order valence-corrected chi connectivity index (χ2v) is 6.91. The highest BCUT2D eigenvalue weighted by Crippen LogP contribution is 2.23. The van der Waals surface area contributed by atoms with Crippen LogP contribution in [0.3, 0.4) is 0 Å². The van der Waals surface area contributed by atoms with Crippen molar-refractivity contribution in [3.63, 3.8) is 0 Å². The lowest BCUT2D eigenvalue weighted by Gasteiger charge is -2.09. The van der Waals surface area contributed by atoms with Crippen LogP contribution < -0.4 is 10.1 Å². The topological polar surface area (TPSA) is 69.0 Å². The van der Waals surface area contributed by atoms with Crippen LogP contribution in [0.1, 0.15) is 10.4 Å². The number of rotatable bonds is 5. The van der Waals surface area contributed by atoms with E-state index < -0.39 is 0 Å². The summed E-state index contributed by atoms with van der Waals surface area (Å²) in [4.78, 5) is 21.0. The van der Waals surface area contributed by atoms with Gasteiger partial charge in [0, 0.05) is 29.3 Å². The number of nitrogens with one attached hydrogen (secondary N) is 1. The zero-order valence-electron chi connectivity index (χ0n) is 16.5. The van der Waals surface area contributed by atoms with E-state index in [1.165, 1.54) is 0 Å². The molecule has 0 saturated heterocycles. The minimum atomic E-state index is -0.176. The SMILES string of the molecule is O=C(Nc1ccc(Oc2ccncc2)cc1)c1ccc(-n2cnc3ccccc32)cc1. The van der Waals surface area contributed by atoms with Gasteiger partial charge in [0.05, 0.1) is 11.0 Å². The van der Waals surface area contributed by atoms with Crippen molar-refractivity contribution in [1.29, 1.82) is 0 Å². The van der Waals surface area contributed by atoms with Gasteiger partial charge in [0.25, 0.3) is 5.91 Å². The third kappa shape index (κ3) is 4.00. The summed E-state index contributed by atoms with van der Waals surface area (Å²) in [5.74, 6) is 1.21. The van der Waals surface area contributed by atoms with E-state index in [4.69, 9.17) is 4.74 Å². The minimum Gasteiger partial charge on any atom is -0.457 e. The average molecular weight is 406 g/mol. The van der Waals surface area contributed by atoms with Crippen molar-refractivity contribution >= 4 is 22.6 Å². The molecule has 5 rings (SSSR count). The predicted molar refractivity (Wildman–Crippen MR) is 120 cm³/mol. The second kappa shape index (κ2) is 8.12. The van der Waals surface area contributed by atoms with Crippen molar-refractivity contribution in [2.75, 3.05) is 5.32 Å². The van der Waals surface area contributed by atoms with E-state index in [2.05, 4.69) is 15.3 Å². The molecule has 0 saturated carbocycles. The molecule has 0 spiro atoms. The van der Waals surface area contributed by atoms with Crippen molar-refractivity contribution in [1.82, 2.24) is 14.5 Å². The van der Waals surface area contributed by atoms with Gasteiger partial charge < -0.3 is 10.1 Å². The fourth-order valence-electron chi connectivity index (χ4n) is 3.29. The lowest BCUT2D eigenvalue weighted by Crippen LogP contribution is -2.11. The number of imidazole rings is 1. The number of nitrogens with zero attached hydrogens (tertiary/aromatic N) is 3. The Kier molecular flexibility index (Phi) is 4.86. The Morgan fingerprint density at radius 2 is 1.52 bits per heavy atom. The Morgan fingerprint density at radius 1 is 0.806 bits per heavy atom. The zero-order valence-corrected chi connectivity index (χ0v) is 16.5. The number of pyridine rings is 1. The number of hydrogen-bond acceptors (Lipinski definition) is 4. The molecular weight excluding hydrogens is 388 g/mol. The Labute approximate surface area is 178 Å². The van der Waals surface area contributed by atoms with Crippen LogP contribution in [0.15, 0.2) is 104 Å². The molecule has 0 unspecified atom stereocenters. The number of para-hydroxylation sites is 2. The molecule has 0 bridgehead atoms. The fraction of sp³-hybridized carbons (Fsp3) is 0. The van der Waals surface area contributed by atoms with E-state index in [0.717, 1.165) is 16.7 Å². The van der Waals surface area contributed by atoms with Gasteiger partial charge in [-0.3, -0.25) is 14.3 Å². The molecule has 2 aromatic heterocycles. The van der Waals surface area contributed by atoms with Gasteiger partial charge in [0.2, 0.25) is 0 Å². The standard InChI is InChI=1S/C25H18N4O2/c30-25(28-19-7-11-21(12-8-19)31-22-13-15-26-16-14-22)18-5-9-20(10-6-18)29-17-27-23-3-1-2-4-24(23)29/h1-17H,(H,28,30). The summed E-state index contributed by atoms with van der Waals surface area (Å²) in [6.45, 7) is 0. The molecule has 2 heterocycles. The Balaban J connectivity index is 1.27. The van der Waals surface area contributed by atoms with Crippen LogP contribution in [0.5, 0.6) is 11.5 Å². The summed E-state index contributed by atoms with van der Waals surface area (Å²) in [5.41, 5.74) is 4.17. The number of ether oxygens (including phenoxy) is 1. The van der Waals surface area contributed by atoms with Crippen molar-refractivity contribution < 1.29 is 9.53 Å². The van der Waals surface area contributed by atoms with Crippen molar-refractivity contribution in [3.8, 4) is 17.2 Å².